The highest BCUT2D eigenvalue weighted by molar-refractivity contribution is 6.30. The maximum absolute atomic E-state index is 13.2. The molecule has 6 heteroatoms. The summed E-state index contributed by atoms with van der Waals surface area (Å²) in [5.74, 6) is 0.649. The molecule has 2 aromatic rings. The van der Waals surface area contributed by atoms with E-state index in [2.05, 4.69) is 5.32 Å². The van der Waals surface area contributed by atoms with Crippen LogP contribution in [-0.2, 0) is 15.0 Å². The van der Waals surface area contributed by atoms with Gasteiger partial charge in [0.25, 0.3) is 0 Å². The molecule has 1 heterocycles. The Bertz CT molecular complexity index is 924. The first-order valence-corrected chi connectivity index (χ1v) is 9.97. The average molecular weight is 399 g/mol. The molecule has 1 saturated heterocycles. The maximum Gasteiger partial charge on any atom is 0.235 e. The molecule has 2 fully saturated rings. The first kappa shape index (κ1) is 18.8. The fourth-order valence-electron chi connectivity index (χ4n) is 4.10. The zero-order valence-electron chi connectivity index (χ0n) is 15.8. The van der Waals surface area contributed by atoms with Crippen LogP contribution < -0.4 is 15.0 Å². The summed E-state index contributed by atoms with van der Waals surface area (Å²) >= 11 is 6.15. The van der Waals surface area contributed by atoms with Gasteiger partial charge in [0.15, 0.2) is 0 Å². The van der Waals surface area contributed by atoms with Crippen molar-refractivity contribution in [1.82, 2.24) is 0 Å². The fourth-order valence-corrected chi connectivity index (χ4v) is 4.29. The molecule has 5 nitrogen and oxygen atoms in total. The lowest BCUT2D eigenvalue weighted by atomic mass is 9.64. The van der Waals surface area contributed by atoms with Gasteiger partial charge in [0, 0.05) is 29.7 Å². The topological polar surface area (TPSA) is 58.6 Å². The normalized spacial score (nSPS) is 17.9. The SMILES string of the molecule is COc1cc(NC(=O)C2(c3cccc(Cl)c3)CCC2)ccc1N1CCCC1=O. The average Bonchev–Trinajstić information content (AvgIpc) is 3.06. The predicted octanol–water partition coefficient (Wildman–Crippen LogP) is 4.54. The zero-order valence-corrected chi connectivity index (χ0v) is 16.6. The minimum Gasteiger partial charge on any atom is -0.494 e. The van der Waals surface area contributed by atoms with Crippen LogP contribution in [0.25, 0.3) is 0 Å². The molecule has 4 rings (SSSR count). The maximum atomic E-state index is 13.2. The molecule has 1 aliphatic heterocycles. The molecule has 0 atom stereocenters. The molecular formula is C22H23ClN2O3. The molecule has 1 aliphatic carbocycles. The van der Waals surface area contributed by atoms with E-state index in [0.717, 1.165) is 36.9 Å². The number of methoxy groups -OCH3 is 1. The van der Waals surface area contributed by atoms with Gasteiger partial charge in [-0.15, -0.1) is 0 Å². The lowest BCUT2D eigenvalue weighted by molar-refractivity contribution is -0.124. The highest BCUT2D eigenvalue weighted by Gasteiger charge is 2.45. The highest BCUT2D eigenvalue weighted by Crippen LogP contribution is 2.45. The second-order valence-corrected chi connectivity index (χ2v) is 7.87. The summed E-state index contributed by atoms with van der Waals surface area (Å²) in [6.07, 6.45) is 4.03. The van der Waals surface area contributed by atoms with E-state index in [0.29, 0.717) is 29.4 Å². The summed E-state index contributed by atoms with van der Waals surface area (Å²) < 4.78 is 5.49. The molecule has 2 aromatic carbocycles. The Labute approximate surface area is 169 Å². The molecule has 1 N–H and O–H groups in total. The van der Waals surface area contributed by atoms with E-state index in [-0.39, 0.29) is 11.8 Å². The summed E-state index contributed by atoms with van der Waals surface area (Å²) in [5, 5.41) is 3.68. The highest BCUT2D eigenvalue weighted by atomic mass is 35.5. The van der Waals surface area contributed by atoms with Gasteiger partial charge < -0.3 is 15.0 Å². The minimum atomic E-state index is -0.540. The van der Waals surface area contributed by atoms with Gasteiger partial charge in [-0.3, -0.25) is 9.59 Å². The summed E-state index contributed by atoms with van der Waals surface area (Å²) in [7, 11) is 1.57. The second kappa shape index (κ2) is 7.47. The molecule has 2 amide bonds. The Balaban J connectivity index is 1.58. The van der Waals surface area contributed by atoms with E-state index in [4.69, 9.17) is 16.3 Å². The Morgan fingerprint density at radius 2 is 2.00 bits per heavy atom. The van der Waals surface area contributed by atoms with Gasteiger partial charge in [0.05, 0.1) is 18.2 Å². The number of nitrogens with one attached hydrogen (secondary N) is 1. The van der Waals surface area contributed by atoms with Gasteiger partial charge in [-0.2, -0.15) is 0 Å². The molecule has 28 heavy (non-hydrogen) atoms. The number of amides is 2. The second-order valence-electron chi connectivity index (χ2n) is 7.44. The van der Waals surface area contributed by atoms with Gasteiger partial charge >= 0.3 is 0 Å². The van der Waals surface area contributed by atoms with Crippen molar-refractivity contribution >= 4 is 34.8 Å². The van der Waals surface area contributed by atoms with Crippen LogP contribution in [0.5, 0.6) is 5.75 Å². The van der Waals surface area contributed by atoms with Crippen molar-refractivity contribution < 1.29 is 14.3 Å². The van der Waals surface area contributed by atoms with Crippen LogP contribution in [0.1, 0.15) is 37.7 Å². The van der Waals surface area contributed by atoms with E-state index >= 15 is 0 Å². The monoisotopic (exact) mass is 398 g/mol. The van der Waals surface area contributed by atoms with Crippen molar-refractivity contribution in [3.05, 3.63) is 53.1 Å². The van der Waals surface area contributed by atoms with E-state index in [1.165, 1.54) is 0 Å². The van der Waals surface area contributed by atoms with E-state index in [1.54, 1.807) is 18.1 Å². The number of hydrogen-bond donors (Lipinski definition) is 1. The first-order valence-electron chi connectivity index (χ1n) is 9.59. The lowest BCUT2D eigenvalue weighted by Crippen LogP contribution is -2.46. The number of carbonyl (C=O) groups excluding carboxylic acids is 2. The van der Waals surface area contributed by atoms with Crippen molar-refractivity contribution in [1.29, 1.82) is 0 Å². The van der Waals surface area contributed by atoms with Crippen molar-refractivity contribution in [2.45, 2.75) is 37.5 Å². The summed E-state index contributed by atoms with van der Waals surface area (Å²) in [6, 6.07) is 13.0. The summed E-state index contributed by atoms with van der Waals surface area (Å²) in [6.45, 7) is 0.693. The summed E-state index contributed by atoms with van der Waals surface area (Å²) in [4.78, 5) is 27.0. The minimum absolute atomic E-state index is 0.0342. The van der Waals surface area contributed by atoms with Crippen LogP contribution in [0.3, 0.4) is 0 Å². The van der Waals surface area contributed by atoms with Crippen molar-refractivity contribution in [2.75, 3.05) is 23.9 Å². The van der Waals surface area contributed by atoms with Gasteiger partial charge in [0.1, 0.15) is 5.75 Å². The quantitative estimate of drug-likeness (QED) is 0.804. The van der Waals surface area contributed by atoms with Crippen LogP contribution in [0, 0.1) is 0 Å². The number of ether oxygens (including phenoxy) is 1. The van der Waals surface area contributed by atoms with Crippen LogP contribution in [0.4, 0.5) is 11.4 Å². The predicted molar refractivity (Wildman–Crippen MR) is 110 cm³/mol. The lowest BCUT2D eigenvalue weighted by Gasteiger charge is -2.40. The number of hydrogen-bond acceptors (Lipinski definition) is 3. The van der Waals surface area contributed by atoms with Crippen LogP contribution >= 0.6 is 11.6 Å². The van der Waals surface area contributed by atoms with E-state index in [1.807, 2.05) is 36.4 Å². The summed E-state index contributed by atoms with van der Waals surface area (Å²) in [5.41, 5.74) is 1.82. The molecule has 2 aliphatic rings. The molecule has 0 aromatic heterocycles. The molecular weight excluding hydrogens is 376 g/mol. The van der Waals surface area contributed by atoms with Crippen molar-refractivity contribution in [3.8, 4) is 5.75 Å². The van der Waals surface area contributed by atoms with Gasteiger partial charge in [0.2, 0.25) is 11.8 Å². The number of nitrogens with zero attached hydrogens (tertiary/aromatic N) is 1. The smallest absolute Gasteiger partial charge is 0.235 e. The number of halogens is 1. The Morgan fingerprint density at radius 3 is 2.61 bits per heavy atom. The molecule has 146 valence electrons. The Morgan fingerprint density at radius 1 is 1.18 bits per heavy atom. The standard InChI is InChI=1S/C22H23ClN2O3/c1-28-19-14-17(8-9-18(19)25-12-3-7-20(25)26)24-21(27)22(10-4-11-22)15-5-2-6-16(23)13-15/h2,5-6,8-9,13-14H,3-4,7,10-12H2,1H3,(H,24,27). The Hall–Kier alpha value is -2.53. The molecule has 1 saturated carbocycles. The molecule has 0 spiro atoms. The van der Waals surface area contributed by atoms with Gasteiger partial charge in [-0.25, -0.2) is 0 Å². The zero-order chi connectivity index (χ0) is 19.7. The van der Waals surface area contributed by atoms with Crippen molar-refractivity contribution in [2.24, 2.45) is 0 Å². The van der Waals surface area contributed by atoms with Crippen molar-refractivity contribution in [3.63, 3.8) is 0 Å². The number of rotatable bonds is 5. The number of carbonyl (C=O) groups is 2. The Kier molecular flexibility index (Phi) is 5.02. The van der Waals surface area contributed by atoms with Crippen LogP contribution in [-0.4, -0.2) is 25.5 Å². The van der Waals surface area contributed by atoms with Gasteiger partial charge in [-0.05, 0) is 49.1 Å². The largest absolute Gasteiger partial charge is 0.494 e. The van der Waals surface area contributed by atoms with Crippen LogP contribution in [0.2, 0.25) is 5.02 Å². The molecule has 0 radical (unpaired) electrons. The number of anilines is 2. The van der Waals surface area contributed by atoms with Crippen LogP contribution in [0.15, 0.2) is 42.5 Å². The third kappa shape index (κ3) is 3.24. The fraction of sp³-hybridized carbons (Fsp3) is 0.364. The van der Waals surface area contributed by atoms with E-state index < -0.39 is 5.41 Å². The molecule has 0 bridgehead atoms. The number of benzene rings is 2. The molecule has 0 unspecified atom stereocenters. The third-order valence-corrected chi connectivity index (χ3v) is 6.06. The first-order chi connectivity index (χ1) is 13.5. The van der Waals surface area contributed by atoms with E-state index in [9.17, 15) is 9.59 Å². The third-order valence-electron chi connectivity index (χ3n) is 5.82. The van der Waals surface area contributed by atoms with Gasteiger partial charge in [-0.1, -0.05) is 30.2 Å².